The smallest absolute Gasteiger partial charge is 0.258 e. The molecule has 0 heterocycles. The quantitative estimate of drug-likeness (QED) is 0.785. The van der Waals surface area contributed by atoms with Gasteiger partial charge >= 0.3 is 0 Å². The van der Waals surface area contributed by atoms with Crippen molar-refractivity contribution in [1.29, 1.82) is 0 Å². The van der Waals surface area contributed by atoms with Crippen LogP contribution in [0.25, 0.3) is 0 Å². The Labute approximate surface area is 109 Å². The first-order chi connectivity index (χ1) is 8.56. The molecule has 0 aromatic heterocycles. The lowest BCUT2D eigenvalue weighted by Crippen LogP contribution is -2.30. The number of ether oxygens (including phenoxy) is 1. The first-order valence-corrected chi connectivity index (χ1v) is 5.98. The summed E-state index contributed by atoms with van der Waals surface area (Å²) in [6.45, 7) is -0.123. The van der Waals surface area contributed by atoms with Gasteiger partial charge in [0, 0.05) is 17.7 Å². The molecule has 1 aliphatic rings. The van der Waals surface area contributed by atoms with Crippen LogP contribution in [0.3, 0.4) is 0 Å². The monoisotopic (exact) mass is 268 g/mol. The Hall–Kier alpha value is -1.69. The Kier molecular flexibility index (Phi) is 3.76. The van der Waals surface area contributed by atoms with E-state index in [0.29, 0.717) is 0 Å². The fourth-order valence-corrected chi connectivity index (χ4v) is 1.60. The standard InChI is InChI=1S/C12H13FN2O2S/c13-10-5-8(3-4-9(10)12(14)18)17-6-11(16)15-7-1-2-7/h3-5,7H,1-2,6H2,(H2,14,18)(H,15,16). The van der Waals surface area contributed by atoms with E-state index in [2.05, 4.69) is 17.5 Å². The summed E-state index contributed by atoms with van der Waals surface area (Å²) in [6, 6.07) is 4.42. The highest BCUT2D eigenvalue weighted by molar-refractivity contribution is 7.80. The zero-order valence-electron chi connectivity index (χ0n) is 9.61. The number of benzene rings is 1. The first kappa shape index (κ1) is 12.8. The topological polar surface area (TPSA) is 64.3 Å². The Morgan fingerprint density at radius 3 is 2.83 bits per heavy atom. The van der Waals surface area contributed by atoms with Gasteiger partial charge in [-0.2, -0.15) is 0 Å². The largest absolute Gasteiger partial charge is 0.484 e. The van der Waals surface area contributed by atoms with Gasteiger partial charge in [-0.25, -0.2) is 4.39 Å². The molecule has 1 aromatic carbocycles. The second-order valence-electron chi connectivity index (χ2n) is 4.14. The van der Waals surface area contributed by atoms with E-state index >= 15 is 0 Å². The normalized spacial score (nSPS) is 14.1. The highest BCUT2D eigenvalue weighted by atomic mass is 32.1. The first-order valence-electron chi connectivity index (χ1n) is 5.58. The van der Waals surface area contributed by atoms with E-state index in [1.54, 1.807) is 0 Å². The van der Waals surface area contributed by atoms with E-state index < -0.39 is 5.82 Å². The molecule has 6 heteroatoms. The van der Waals surface area contributed by atoms with E-state index in [-0.39, 0.29) is 34.9 Å². The summed E-state index contributed by atoms with van der Waals surface area (Å²) in [4.78, 5) is 11.3. The molecule has 96 valence electrons. The lowest BCUT2D eigenvalue weighted by atomic mass is 10.2. The van der Waals surface area contributed by atoms with Crippen molar-refractivity contribution >= 4 is 23.1 Å². The molecule has 0 aliphatic heterocycles. The Morgan fingerprint density at radius 1 is 1.56 bits per heavy atom. The van der Waals surface area contributed by atoms with Gasteiger partial charge in [-0.1, -0.05) is 12.2 Å². The summed E-state index contributed by atoms with van der Waals surface area (Å²) in [5.74, 6) is -0.475. The van der Waals surface area contributed by atoms with Crippen LogP contribution in [0, 0.1) is 5.82 Å². The van der Waals surface area contributed by atoms with Gasteiger partial charge in [0.15, 0.2) is 6.61 Å². The molecule has 0 saturated heterocycles. The van der Waals surface area contributed by atoms with Crippen molar-refractivity contribution in [3.8, 4) is 5.75 Å². The number of thiocarbonyl (C=S) groups is 1. The molecule has 4 nitrogen and oxygen atoms in total. The molecule has 3 N–H and O–H groups in total. The Bertz CT molecular complexity index is 489. The highest BCUT2D eigenvalue weighted by Crippen LogP contribution is 2.19. The van der Waals surface area contributed by atoms with Gasteiger partial charge in [0.05, 0.1) is 0 Å². The van der Waals surface area contributed by atoms with Gasteiger partial charge in [-0.3, -0.25) is 4.79 Å². The minimum Gasteiger partial charge on any atom is -0.484 e. The highest BCUT2D eigenvalue weighted by Gasteiger charge is 2.23. The number of halogens is 1. The minimum absolute atomic E-state index is 0.00877. The van der Waals surface area contributed by atoms with Crippen molar-refractivity contribution in [2.24, 2.45) is 5.73 Å². The van der Waals surface area contributed by atoms with Gasteiger partial charge < -0.3 is 15.8 Å². The molecule has 18 heavy (non-hydrogen) atoms. The van der Waals surface area contributed by atoms with Gasteiger partial charge in [0.25, 0.3) is 5.91 Å². The lowest BCUT2D eigenvalue weighted by Gasteiger charge is -2.08. The molecule has 0 unspecified atom stereocenters. The Morgan fingerprint density at radius 2 is 2.28 bits per heavy atom. The predicted octanol–water partition coefficient (Wildman–Crippen LogP) is 1.12. The maximum absolute atomic E-state index is 13.5. The summed E-state index contributed by atoms with van der Waals surface area (Å²) >= 11 is 4.69. The van der Waals surface area contributed by atoms with Crippen molar-refractivity contribution in [2.75, 3.05) is 6.61 Å². The van der Waals surface area contributed by atoms with Gasteiger partial charge in [-0.15, -0.1) is 0 Å². The van der Waals surface area contributed by atoms with E-state index in [4.69, 9.17) is 10.5 Å². The van der Waals surface area contributed by atoms with Crippen LogP contribution in [0.4, 0.5) is 4.39 Å². The van der Waals surface area contributed by atoms with Crippen molar-refractivity contribution in [3.63, 3.8) is 0 Å². The molecular weight excluding hydrogens is 255 g/mol. The zero-order valence-corrected chi connectivity index (χ0v) is 10.4. The third kappa shape index (κ3) is 3.40. The molecular formula is C12H13FN2O2S. The third-order valence-electron chi connectivity index (χ3n) is 2.52. The maximum atomic E-state index is 13.5. The summed E-state index contributed by atoms with van der Waals surface area (Å²) in [7, 11) is 0. The molecule has 0 bridgehead atoms. The van der Waals surface area contributed by atoms with Crippen LogP contribution in [0.1, 0.15) is 18.4 Å². The molecule has 0 radical (unpaired) electrons. The molecule has 0 spiro atoms. The lowest BCUT2D eigenvalue weighted by molar-refractivity contribution is -0.123. The van der Waals surface area contributed by atoms with Crippen molar-refractivity contribution in [2.45, 2.75) is 18.9 Å². The van der Waals surface area contributed by atoms with Crippen LogP contribution in [0.5, 0.6) is 5.75 Å². The molecule has 2 rings (SSSR count). The Balaban J connectivity index is 1.90. The van der Waals surface area contributed by atoms with Gasteiger partial charge in [0.1, 0.15) is 16.6 Å². The van der Waals surface area contributed by atoms with Crippen LogP contribution >= 0.6 is 12.2 Å². The molecule has 1 aliphatic carbocycles. The number of nitrogens with two attached hydrogens (primary N) is 1. The van der Waals surface area contributed by atoms with E-state index in [1.807, 2.05) is 0 Å². The van der Waals surface area contributed by atoms with E-state index in [0.717, 1.165) is 12.8 Å². The number of hydrogen-bond acceptors (Lipinski definition) is 3. The van der Waals surface area contributed by atoms with Crippen LogP contribution < -0.4 is 15.8 Å². The minimum atomic E-state index is -0.553. The summed E-state index contributed by atoms with van der Waals surface area (Å²) < 4.78 is 18.7. The molecule has 0 atom stereocenters. The van der Waals surface area contributed by atoms with Crippen molar-refractivity contribution in [3.05, 3.63) is 29.6 Å². The second-order valence-corrected chi connectivity index (χ2v) is 4.58. The second kappa shape index (κ2) is 5.30. The summed E-state index contributed by atoms with van der Waals surface area (Å²) in [6.07, 6.45) is 2.03. The fourth-order valence-electron chi connectivity index (χ4n) is 1.43. The van der Waals surface area contributed by atoms with E-state index in [1.165, 1.54) is 18.2 Å². The van der Waals surface area contributed by atoms with Crippen LogP contribution in [0.2, 0.25) is 0 Å². The predicted molar refractivity (Wildman–Crippen MR) is 68.9 cm³/mol. The summed E-state index contributed by atoms with van der Waals surface area (Å²) in [5.41, 5.74) is 5.50. The number of hydrogen-bond donors (Lipinski definition) is 2. The number of carbonyl (C=O) groups excluding carboxylic acids is 1. The average molecular weight is 268 g/mol. The van der Waals surface area contributed by atoms with Crippen LogP contribution in [-0.2, 0) is 4.79 Å². The molecule has 1 amide bonds. The SMILES string of the molecule is NC(=S)c1ccc(OCC(=O)NC2CC2)cc1F. The third-order valence-corrected chi connectivity index (χ3v) is 2.74. The number of rotatable bonds is 5. The summed E-state index contributed by atoms with van der Waals surface area (Å²) in [5, 5.41) is 2.77. The zero-order chi connectivity index (χ0) is 13.1. The molecule has 1 saturated carbocycles. The van der Waals surface area contributed by atoms with Crippen LogP contribution in [0.15, 0.2) is 18.2 Å². The number of carbonyl (C=O) groups is 1. The number of amides is 1. The molecule has 1 aromatic rings. The van der Waals surface area contributed by atoms with Crippen LogP contribution in [-0.4, -0.2) is 23.5 Å². The van der Waals surface area contributed by atoms with Crippen molar-refractivity contribution in [1.82, 2.24) is 5.32 Å². The van der Waals surface area contributed by atoms with Gasteiger partial charge in [-0.05, 0) is 25.0 Å². The molecule has 1 fully saturated rings. The van der Waals surface area contributed by atoms with Gasteiger partial charge in [0.2, 0.25) is 0 Å². The maximum Gasteiger partial charge on any atom is 0.258 e. The fraction of sp³-hybridized carbons (Fsp3) is 0.333. The average Bonchev–Trinajstić information content (AvgIpc) is 3.10. The number of nitrogens with one attached hydrogen (secondary N) is 1. The van der Waals surface area contributed by atoms with E-state index in [9.17, 15) is 9.18 Å². The van der Waals surface area contributed by atoms with Crippen molar-refractivity contribution < 1.29 is 13.9 Å².